The predicted octanol–water partition coefficient (Wildman–Crippen LogP) is 2.60. The molecular weight excluding hydrogens is 306 g/mol. The van der Waals surface area contributed by atoms with Crippen LogP contribution in [0.1, 0.15) is 11.3 Å². The number of ether oxygens (including phenoxy) is 1. The minimum atomic E-state index is -0.126. The monoisotopic (exact) mass is 323 g/mol. The Hall–Kier alpha value is -3.15. The number of hydrogen-bond donors (Lipinski definition) is 1. The number of rotatable bonds is 6. The standard InChI is InChI=1S/C18H17N3O3/c1-23-17-8-7-13(11-20-17)10-19-16(22)9-15-12-24-18(21-15)14-5-3-2-4-6-14/h2-8,11-12H,9-10H2,1H3,(H,19,22). The van der Waals surface area contributed by atoms with Crippen LogP contribution in [0.5, 0.6) is 5.88 Å². The molecule has 6 nitrogen and oxygen atoms in total. The van der Waals surface area contributed by atoms with E-state index in [-0.39, 0.29) is 12.3 Å². The summed E-state index contributed by atoms with van der Waals surface area (Å²) in [6, 6.07) is 13.2. The summed E-state index contributed by atoms with van der Waals surface area (Å²) in [5.74, 6) is 0.928. The van der Waals surface area contributed by atoms with Crippen molar-refractivity contribution in [3.63, 3.8) is 0 Å². The number of aromatic nitrogens is 2. The molecule has 122 valence electrons. The van der Waals surface area contributed by atoms with Crippen LogP contribution in [0.15, 0.2) is 59.3 Å². The minimum absolute atomic E-state index is 0.126. The number of amides is 1. The Kier molecular flexibility index (Phi) is 4.86. The second kappa shape index (κ2) is 7.41. The van der Waals surface area contributed by atoms with Crippen molar-refractivity contribution in [2.45, 2.75) is 13.0 Å². The zero-order valence-electron chi connectivity index (χ0n) is 13.2. The quantitative estimate of drug-likeness (QED) is 0.754. The van der Waals surface area contributed by atoms with Crippen molar-refractivity contribution < 1.29 is 13.9 Å². The highest BCUT2D eigenvalue weighted by atomic mass is 16.5. The molecule has 1 aromatic carbocycles. The topological polar surface area (TPSA) is 77.2 Å². The van der Waals surface area contributed by atoms with Crippen LogP contribution in [0.25, 0.3) is 11.5 Å². The first-order chi connectivity index (χ1) is 11.7. The minimum Gasteiger partial charge on any atom is -0.481 e. The van der Waals surface area contributed by atoms with Gasteiger partial charge < -0.3 is 14.5 Å². The second-order valence-electron chi connectivity index (χ2n) is 5.17. The fourth-order valence-corrected chi connectivity index (χ4v) is 2.17. The van der Waals surface area contributed by atoms with Crippen LogP contribution in [0.3, 0.4) is 0 Å². The van der Waals surface area contributed by atoms with Gasteiger partial charge in [0.1, 0.15) is 6.26 Å². The Labute approximate surface area is 139 Å². The van der Waals surface area contributed by atoms with E-state index in [1.807, 2.05) is 36.4 Å². The van der Waals surface area contributed by atoms with Crippen molar-refractivity contribution >= 4 is 5.91 Å². The van der Waals surface area contributed by atoms with Gasteiger partial charge in [-0.3, -0.25) is 4.79 Å². The third kappa shape index (κ3) is 3.98. The number of carbonyl (C=O) groups is 1. The number of carbonyl (C=O) groups excluding carboxylic acids is 1. The summed E-state index contributed by atoms with van der Waals surface area (Å²) in [4.78, 5) is 20.5. The molecule has 3 aromatic rings. The maximum Gasteiger partial charge on any atom is 0.226 e. The average Bonchev–Trinajstić information content (AvgIpc) is 3.09. The third-order valence-electron chi connectivity index (χ3n) is 3.41. The highest BCUT2D eigenvalue weighted by Crippen LogP contribution is 2.18. The molecule has 0 spiro atoms. The number of hydrogen-bond acceptors (Lipinski definition) is 5. The van der Waals surface area contributed by atoms with E-state index in [1.54, 1.807) is 19.4 Å². The van der Waals surface area contributed by atoms with E-state index in [4.69, 9.17) is 9.15 Å². The summed E-state index contributed by atoms with van der Waals surface area (Å²) in [6.45, 7) is 0.402. The molecule has 0 saturated carbocycles. The number of pyridine rings is 1. The van der Waals surface area contributed by atoms with Crippen molar-refractivity contribution in [1.29, 1.82) is 0 Å². The van der Waals surface area contributed by atoms with Crippen LogP contribution >= 0.6 is 0 Å². The highest BCUT2D eigenvalue weighted by Gasteiger charge is 2.10. The van der Waals surface area contributed by atoms with Gasteiger partial charge in [0.15, 0.2) is 0 Å². The van der Waals surface area contributed by atoms with Gasteiger partial charge in [-0.15, -0.1) is 0 Å². The van der Waals surface area contributed by atoms with Gasteiger partial charge in [-0.2, -0.15) is 0 Å². The van der Waals surface area contributed by atoms with Crippen molar-refractivity contribution in [1.82, 2.24) is 15.3 Å². The molecule has 1 N–H and O–H groups in total. The van der Waals surface area contributed by atoms with E-state index in [1.165, 1.54) is 6.26 Å². The lowest BCUT2D eigenvalue weighted by Crippen LogP contribution is -2.24. The molecule has 2 aromatic heterocycles. The first-order valence-electron chi connectivity index (χ1n) is 7.50. The zero-order valence-corrected chi connectivity index (χ0v) is 13.2. The molecule has 24 heavy (non-hydrogen) atoms. The lowest BCUT2D eigenvalue weighted by molar-refractivity contribution is -0.120. The maximum atomic E-state index is 12.0. The molecule has 0 radical (unpaired) electrons. The Morgan fingerprint density at radius 1 is 1.21 bits per heavy atom. The molecule has 2 heterocycles. The number of benzene rings is 1. The fourth-order valence-electron chi connectivity index (χ4n) is 2.17. The summed E-state index contributed by atoms with van der Waals surface area (Å²) in [5.41, 5.74) is 2.38. The highest BCUT2D eigenvalue weighted by molar-refractivity contribution is 5.78. The molecule has 0 aliphatic carbocycles. The molecule has 0 fully saturated rings. The van der Waals surface area contributed by atoms with E-state index < -0.39 is 0 Å². The fraction of sp³-hybridized carbons (Fsp3) is 0.167. The van der Waals surface area contributed by atoms with Crippen molar-refractivity contribution in [3.05, 3.63) is 66.2 Å². The summed E-state index contributed by atoms with van der Waals surface area (Å²) >= 11 is 0. The van der Waals surface area contributed by atoms with Crippen LogP contribution in [0.2, 0.25) is 0 Å². The average molecular weight is 323 g/mol. The van der Waals surface area contributed by atoms with E-state index >= 15 is 0 Å². The zero-order chi connectivity index (χ0) is 16.8. The van der Waals surface area contributed by atoms with E-state index in [0.717, 1.165) is 11.1 Å². The molecule has 0 aliphatic heterocycles. The molecule has 3 rings (SSSR count). The van der Waals surface area contributed by atoms with Gasteiger partial charge in [-0.25, -0.2) is 9.97 Å². The smallest absolute Gasteiger partial charge is 0.226 e. The Bertz CT molecular complexity index is 798. The first kappa shape index (κ1) is 15.7. The van der Waals surface area contributed by atoms with Crippen LogP contribution in [-0.4, -0.2) is 23.0 Å². The van der Waals surface area contributed by atoms with Crippen LogP contribution in [0.4, 0.5) is 0 Å². The Morgan fingerprint density at radius 2 is 2.04 bits per heavy atom. The number of nitrogens with zero attached hydrogens (tertiary/aromatic N) is 2. The van der Waals surface area contributed by atoms with Gasteiger partial charge in [0.25, 0.3) is 0 Å². The maximum absolute atomic E-state index is 12.0. The van der Waals surface area contributed by atoms with Gasteiger partial charge in [-0.05, 0) is 17.7 Å². The molecule has 1 amide bonds. The van der Waals surface area contributed by atoms with Gasteiger partial charge in [-0.1, -0.05) is 24.3 Å². The van der Waals surface area contributed by atoms with Crippen LogP contribution < -0.4 is 10.1 Å². The lowest BCUT2D eigenvalue weighted by Gasteiger charge is -2.04. The van der Waals surface area contributed by atoms with Gasteiger partial charge in [0.05, 0.1) is 19.2 Å². The molecule has 0 bridgehead atoms. The van der Waals surface area contributed by atoms with E-state index in [9.17, 15) is 4.79 Å². The van der Waals surface area contributed by atoms with Crippen molar-refractivity contribution in [3.8, 4) is 17.3 Å². The summed E-state index contributed by atoms with van der Waals surface area (Å²) in [7, 11) is 1.56. The number of nitrogens with one attached hydrogen (secondary N) is 1. The Morgan fingerprint density at radius 3 is 2.75 bits per heavy atom. The molecule has 0 unspecified atom stereocenters. The van der Waals surface area contributed by atoms with Crippen LogP contribution in [-0.2, 0) is 17.8 Å². The normalized spacial score (nSPS) is 10.4. The molecular formula is C18H17N3O3. The molecule has 0 atom stereocenters. The Balaban J connectivity index is 1.54. The van der Waals surface area contributed by atoms with Gasteiger partial charge in [0.2, 0.25) is 17.7 Å². The molecule has 0 saturated heterocycles. The SMILES string of the molecule is COc1ccc(CNC(=O)Cc2coc(-c3ccccc3)n2)cn1. The number of oxazole rings is 1. The van der Waals surface area contributed by atoms with E-state index in [2.05, 4.69) is 15.3 Å². The molecule has 6 heteroatoms. The summed E-state index contributed by atoms with van der Waals surface area (Å²) in [5, 5.41) is 2.83. The summed E-state index contributed by atoms with van der Waals surface area (Å²) in [6.07, 6.45) is 3.35. The summed E-state index contributed by atoms with van der Waals surface area (Å²) < 4.78 is 10.4. The van der Waals surface area contributed by atoms with Gasteiger partial charge in [0, 0.05) is 24.4 Å². The second-order valence-corrected chi connectivity index (χ2v) is 5.17. The van der Waals surface area contributed by atoms with E-state index in [0.29, 0.717) is 24.0 Å². The largest absolute Gasteiger partial charge is 0.481 e. The van der Waals surface area contributed by atoms with Gasteiger partial charge >= 0.3 is 0 Å². The van der Waals surface area contributed by atoms with Crippen LogP contribution in [0, 0.1) is 0 Å². The number of methoxy groups -OCH3 is 1. The first-order valence-corrected chi connectivity index (χ1v) is 7.50. The van der Waals surface area contributed by atoms with Crippen molar-refractivity contribution in [2.24, 2.45) is 0 Å². The molecule has 0 aliphatic rings. The predicted molar refractivity (Wildman–Crippen MR) is 88.3 cm³/mol. The van der Waals surface area contributed by atoms with Crippen molar-refractivity contribution in [2.75, 3.05) is 7.11 Å². The lowest BCUT2D eigenvalue weighted by atomic mass is 10.2. The third-order valence-corrected chi connectivity index (χ3v) is 3.41.